The van der Waals surface area contributed by atoms with Crippen LogP contribution in [0.1, 0.15) is 33.8 Å². The molecule has 0 aliphatic rings. The van der Waals surface area contributed by atoms with E-state index in [1.54, 1.807) is 6.92 Å². The quantitative estimate of drug-likeness (QED) is 0.828. The molecule has 0 unspecified atom stereocenters. The zero-order valence-corrected chi connectivity index (χ0v) is 13.4. The van der Waals surface area contributed by atoms with E-state index in [2.05, 4.69) is 5.32 Å². The number of esters is 1. The van der Waals surface area contributed by atoms with Gasteiger partial charge in [0.25, 0.3) is 5.91 Å². The van der Waals surface area contributed by atoms with E-state index >= 15 is 0 Å². The molecule has 0 saturated carbocycles. The molecule has 0 fully saturated rings. The fourth-order valence-electron chi connectivity index (χ4n) is 1.93. The summed E-state index contributed by atoms with van der Waals surface area (Å²) >= 11 is 1.47. The van der Waals surface area contributed by atoms with Crippen molar-refractivity contribution in [1.82, 2.24) is 5.32 Å². The van der Waals surface area contributed by atoms with Crippen molar-refractivity contribution in [2.75, 3.05) is 6.61 Å². The first-order chi connectivity index (χ1) is 11.3. The van der Waals surface area contributed by atoms with E-state index in [1.807, 2.05) is 17.5 Å². The van der Waals surface area contributed by atoms with Crippen molar-refractivity contribution in [3.05, 3.63) is 57.8 Å². The first-order valence-electron chi connectivity index (χ1n) is 6.94. The second-order valence-corrected chi connectivity index (χ2v) is 5.94. The number of nitrogens with one attached hydrogen (secondary N) is 1. The van der Waals surface area contributed by atoms with E-state index < -0.39 is 30.2 Å². The molecule has 0 saturated heterocycles. The Labute approximate surface area is 140 Å². The fraction of sp³-hybridized carbons (Fsp3) is 0.250. The Balaban J connectivity index is 1.90. The monoisotopic (exact) mass is 357 g/mol. The molecule has 0 aliphatic carbocycles. The van der Waals surface area contributed by atoms with Gasteiger partial charge in [0, 0.05) is 4.88 Å². The number of benzene rings is 1. The summed E-state index contributed by atoms with van der Waals surface area (Å²) in [4.78, 5) is 24.5. The lowest BCUT2D eigenvalue weighted by molar-refractivity contribution is -0.137. The second kappa shape index (κ2) is 7.48. The van der Waals surface area contributed by atoms with Crippen LogP contribution in [0.2, 0.25) is 0 Å². The summed E-state index contributed by atoms with van der Waals surface area (Å²) < 4.78 is 42.6. The highest BCUT2D eigenvalue weighted by Gasteiger charge is 2.31. The molecular formula is C16H14F3NO3S. The van der Waals surface area contributed by atoms with Gasteiger partial charge in [-0.25, -0.2) is 4.79 Å². The first kappa shape index (κ1) is 18.0. The van der Waals surface area contributed by atoms with E-state index in [0.29, 0.717) is 6.07 Å². The first-order valence-corrected chi connectivity index (χ1v) is 7.82. The van der Waals surface area contributed by atoms with Crippen molar-refractivity contribution >= 4 is 23.2 Å². The maximum Gasteiger partial charge on any atom is 0.416 e. The number of halogens is 3. The molecule has 1 aromatic carbocycles. The van der Waals surface area contributed by atoms with Crippen molar-refractivity contribution in [3.8, 4) is 0 Å². The third-order valence-corrected chi connectivity index (χ3v) is 4.16. The Bertz CT molecular complexity index is 714. The molecule has 1 heterocycles. The Morgan fingerprint density at radius 1 is 1.25 bits per heavy atom. The van der Waals surface area contributed by atoms with Crippen LogP contribution >= 0.6 is 11.3 Å². The molecule has 128 valence electrons. The third kappa shape index (κ3) is 4.82. The van der Waals surface area contributed by atoms with Crippen LogP contribution in [-0.2, 0) is 15.7 Å². The maximum atomic E-state index is 12.6. The highest BCUT2D eigenvalue weighted by Crippen LogP contribution is 2.29. The van der Waals surface area contributed by atoms with Gasteiger partial charge in [-0.1, -0.05) is 12.1 Å². The molecule has 1 aromatic heterocycles. The molecule has 0 bridgehead atoms. The zero-order valence-electron chi connectivity index (χ0n) is 12.6. The number of carbonyl (C=O) groups excluding carboxylic acids is 2. The van der Waals surface area contributed by atoms with Gasteiger partial charge in [0.1, 0.15) is 0 Å². The van der Waals surface area contributed by atoms with Gasteiger partial charge < -0.3 is 10.1 Å². The molecule has 2 aromatic rings. The predicted molar refractivity (Wildman–Crippen MR) is 82.6 cm³/mol. The lowest BCUT2D eigenvalue weighted by atomic mass is 10.1. The lowest BCUT2D eigenvalue weighted by Gasteiger charge is -2.12. The summed E-state index contributed by atoms with van der Waals surface area (Å²) in [6.45, 7) is 1.21. The minimum absolute atomic E-state index is 0.246. The number of carbonyl (C=O) groups is 2. The second-order valence-electron chi connectivity index (χ2n) is 4.96. The SMILES string of the molecule is C[C@@H](NC(=O)COC(=O)c1cccc(C(F)(F)F)c1)c1cccs1. The van der Waals surface area contributed by atoms with Gasteiger partial charge in [0.15, 0.2) is 6.61 Å². The van der Waals surface area contributed by atoms with Crippen molar-refractivity contribution < 1.29 is 27.5 Å². The summed E-state index contributed by atoms with van der Waals surface area (Å²) in [6.07, 6.45) is -4.55. The summed E-state index contributed by atoms with van der Waals surface area (Å²) in [6, 6.07) is 7.30. The van der Waals surface area contributed by atoms with Crippen LogP contribution in [0, 0.1) is 0 Å². The van der Waals surface area contributed by atoms with Crippen molar-refractivity contribution in [3.63, 3.8) is 0 Å². The van der Waals surface area contributed by atoms with Gasteiger partial charge in [-0.15, -0.1) is 11.3 Å². The van der Waals surface area contributed by atoms with Gasteiger partial charge in [0.2, 0.25) is 0 Å². The molecular weight excluding hydrogens is 343 g/mol. The number of hydrogen-bond acceptors (Lipinski definition) is 4. The van der Waals surface area contributed by atoms with E-state index in [-0.39, 0.29) is 11.6 Å². The van der Waals surface area contributed by atoms with Gasteiger partial charge in [0.05, 0.1) is 17.2 Å². The highest BCUT2D eigenvalue weighted by molar-refractivity contribution is 7.10. The summed E-state index contributed by atoms with van der Waals surface area (Å²) in [7, 11) is 0. The van der Waals surface area contributed by atoms with Crippen LogP contribution in [0.4, 0.5) is 13.2 Å². The maximum absolute atomic E-state index is 12.6. The molecule has 0 spiro atoms. The van der Waals surface area contributed by atoms with Crippen LogP contribution in [-0.4, -0.2) is 18.5 Å². The third-order valence-electron chi connectivity index (χ3n) is 3.11. The minimum atomic E-state index is -4.55. The molecule has 2 rings (SSSR count). The van der Waals surface area contributed by atoms with Gasteiger partial charge >= 0.3 is 12.1 Å². The topological polar surface area (TPSA) is 55.4 Å². The summed E-state index contributed by atoms with van der Waals surface area (Å²) in [5, 5.41) is 4.51. The number of alkyl halides is 3. The van der Waals surface area contributed by atoms with Crippen LogP contribution in [0.3, 0.4) is 0 Å². The van der Waals surface area contributed by atoms with Crippen LogP contribution in [0.5, 0.6) is 0 Å². The number of hydrogen-bond donors (Lipinski definition) is 1. The predicted octanol–water partition coefficient (Wildman–Crippen LogP) is 3.80. The molecule has 1 atom stereocenters. The van der Waals surface area contributed by atoms with E-state index in [0.717, 1.165) is 17.0 Å². The van der Waals surface area contributed by atoms with Crippen LogP contribution in [0.25, 0.3) is 0 Å². The van der Waals surface area contributed by atoms with Crippen molar-refractivity contribution in [2.45, 2.75) is 19.1 Å². The Morgan fingerprint density at radius 2 is 2.00 bits per heavy atom. The molecule has 1 amide bonds. The Hall–Kier alpha value is -2.35. The van der Waals surface area contributed by atoms with Gasteiger partial charge in [-0.2, -0.15) is 13.2 Å². The molecule has 4 nitrogen and oxygen atoms in total. The number of rotatable bonds is 5. The molecule has 0 radical (unpaired) electrons. The normalized spacial score (nSPS) is 12.5. The van der Waals surface area contributed by atoms with E-state index in [9.17, 15) is 22.8 Å². The van der Waals surface area contributed by atoms with Crippen molar-refractivity contribution in [2.24, 2.45) is 0 Å². The molecule has 24 heavy (non-hydrogen) atoms. The van der Waals surface area contributed by atoms with Gasteiger partial charge in [-0.3, -0.25) is 4.79 Å². The highest BCUT2D eigenvalue weighted by atomic mass is 32.1. The van der Waals surface area contributed by atoms with E-state index in [1.165, 1.54) is 17.4 Å². The summed E-state index contributed by atoms with van der Waals surface area (Å²) in [5.74, 6) is -1.52. The molecule has 0 aliphatic heterocycles. The largest absolute Gasteiger partial charge is 0.452 e. The average Bonchev–Trinajstić information content (AvgIpc) is 3.06. The Kier molecular flexibility index (Phi) is 5.61. The number of amides is 1. The minimum Gasteiger partial charge on any atom is -0.452 e. The summed E-state index contributed by atoms with van der Waals surface area (Å²) in [5.41, 5.74) is -1.21. The van der Waals surface area contributed by atoms with E-state index in [4.69, 9.17) is 4.74 Å². The Morgan fingerprint density at radius 3 is 2.62 bits per heavy atom. The zero-order chi connectivity index (χ0) is 17.7. The molecule has 1 N–H and O–H groups in total. The number of ether oxygens (including phenoxy) is 1. The average molecular weight is 357 g/mol. The van der Waals surface area contributed by atoms with Crippen LogP contribution < -0.4 is 5.32 Å². The number of thiophene rings is 1. The smallest absolute Gasteiger partial charge is 0.416 e. The lowest BCUT2D eigenvalue weighted by Crippen LogP contribution is -2.30. The van der Waals surface area contributed by atoms with Crippen LogP contribution in [0.15, 0.2) is 41.8 Å². The van der Waals surface area contributed by atoms with Crippen molar-refractivity contribution in [1.29, 1.82) is 0 Å². The standard InChI is InChI=1S/C16H14F3NO3S/c1-10(13-6-3-7-24-13)20-14(21)9-23-15(22)11-4-2-5-12(8-11)16(17,18)19/h2-8,10H,9H2,1H3,(H,20,21)/t10-/m1/s1. The molecule has 8 heteroatoms. The fourth-order valence-corrected chi connectivity index (χ4v) is 2.66. The van der Waals surface area contributed by atoms with Gasteiger partial charge in [-0.05, 0) is 36.6 Å².